The zero-order valence-corrected chi connectivity index (χ0v) is 43.9. The normalized spacial score (nSPS) is 18.4. The van der Waals surface area contributed by atoms with Crippen molar-refractivity contribution in [2.75, 3.05) is 52.0 Å². The van der Waals surface area contributed by atoms with E-state index in [0.29, 0.717) is 74.1 Å². The van der Waals surface area contributed by atoms with Gasteiger partial charge in [0.15, 0.2) is 0 Å². The number of anilines is 1. The zero-order valence-electron chi connectivity index (χ0n) is 43.9. The van der Waals surface area contributed by atoms with Crippen LogP contribution in [0.1, 0.15) is 62.9 Å². The maximum absolute atomic E-state index is 16.0. The lowest BCUT2D eigenvalue weighted by Crippen LogP contribution is -2.63. The molecule has 6 atom stereocenters. The van der Waals surface area contributed by atoms with Gasteiger partial charge in [0.2, 0.25) is 5.91 Å². The summed E-state index contributed by atoms with van der Waals surface area (Å²) in [4.78, 5) is 62.3. The van der Waals surface area contributed by atoms with E-state index in [1.165, 1.54) is 12.1 Å². The van der Waals surface area contributed by atoms with Crippen LogP contribution in [0, 0.1) is 34.3 Å². The molecule has 434 valence electrons. The van der Waals surface area contributed by atoms with Gasteiger partial charge in [0, 0.05) is 72.9 Å². The molecule has 0 radical (unpaired) electrons. The molecule has 0 unspecified atom stereocenters. The van der Waals surface area contributed by atoms with Crippen LogP contribution in [0.3, 0.4) is 0 Å². The van der Waals surface area contributed by atoms with Crippen LogP contribution in [-0.4, -0.2) is 156 Å². The molecular weight excluding hydrogens is 1080 g/mol. The number of rotatable bonds is 19. The van der Waals surface area contributed by atoms with Crippen molar-refractivity contribution in [2.24, 2.45) is 10.8 Å². The summed E-state index contributed by atoms with van der Waals surface area (Å²) in [5.41, 5.74) is -4.42. The standard InChI is InChI=1S/C52H58F10N10O8/c1-49(2,51(57,58)59)42(65-47(76)78-5)44(74)64-39(17-29-10-7-28(8-11-29)9-12-30-13-14-41(63-21-30)71-23-32-20-33(71)22-70(32)34-26-80-27-34)40(73)25-69(68-45(75)43(66-48(77)79-6)50(3,4)52(60,61)62)24-35-36(53)18-31(19-37(35)54)38-15-16-72(67-38)46(55)56/h7-8,10-11,13-16,18-19,21,32-34,39-40,42-43,46,73H,17,20,22-27H2,1-6H3,(H,64,74)(H,65,76)(H,66,77)(H,68,75)/t32-,33-,39+,40+,42-,43-/m1/s1. The number of likely N-dealkylation sites (tertiary alicyclic amines) is 1. The number of pyridine rings is 1. The van der Waals surface area contributed by atoms with Crippen LogP contribution in [0.4, 0.5) is 59.3 Å². The number of aliphatic hydroxyl groups excluding tert-OH is 1. The van der Waals surface area contributed by atoms with Crippen molar-refractivity contribution in [1.29, 1.82) is 0 Å². The minimum absolute atomic E-state index is 0.198. The summed E-state index contributed by atoms with van der Waals surface area (Å²) in [5.74, 6) is 0.774. The number of aromatic nitrogens is 3. The van der Waals surface area contributed by atoms with Gasteiger partial charge in [-0.3, -0.25) is 19.9 Å². The molecule has 5 heterocycles. The molecule has 0 aliphatic carbocycles. The molecule has 28 heteroatoms. The lowest BCUT2D eigenvalue weighted by molar-refractivity contribution is -0.221. The van der Waals surface area contributed by atoms with Crippen LogP contribution >= 0.6 is 0 Å². The number of alkyl halides is 8. The number of hydrogen-bond donors (Lipinski definition) is 5. The number of hydrazine groups is 1. The third kappa shape index (κ3) is 13.7. The first-order valence-corrected chi connectivity index (χ1v) is 24.9. The maximum Gasteiger partial charge on any atom is 0.407 e. The molecule has 3 saturated heterocycles. The topological polar surface area (TPSA) is 205 Å². The van der Waals surface area contributed by atoms with E-state index in [-0.39, 0.29) is 21.5 Å². The fourth-order valence-corrected chi connectivity index (χ4v) is 9.39. The number of fused-ring (bicyclic) bond motifs is 2. The van der Waals surface area contributed by atoms with Gasteiger partial charge < -0.3 is 40.2 Å². The van der Waals surface area contributed by atoms with E-state index < -0.39 is 115 Å². The number of benzene rings is 2. The summed E-state index contributed by atoms with van der Waals surface area (Å²) in [5, 5.41) is 22.1. The number of alkyl carbamates (subject to hydrolysis) is 2. The average molecular weight is 1140 g/mol. The quantitative estimate of drug-likeness (QED) is 0.0402. The van der Waals surface area contributed by atoms with Crippen LogP contribution < -0.4 is 26.3 Å². The van der Waals surface area contributed by atoms with Crippen molar-refractivity contribution in [2.45, 2.75) is 108 Å². The number of piperazine rings is 1. The second kappa shape index (κ2) is 24.2. The first-order chi connectivity index (χ1) is 37.5. The number of nitrogens with zero attached hydrogens (tertiary/aromatic N) is 6. The highest BCUT2D eigenvalue weighted by Gasteiger charge is 2.57. The highest BCUT2D eigenvalue weighted by Crippen LogP contribution is 2.42. The van der Waals surface area contributed by atoms with Gasteiger partial charge in [0.1, 0.15) is 29.5 Å². The molecule has 0 spiro atoms. The Labute approximate surface area is 452 Å². The van der Waals surface area contributed by atoms with Gasteiger partial charge in [-0.25, -0.2) is 33.0 Å². The van der Waals surface area contributed by atoms with E-state index in [0.717, 1.165) is 65.0 Å². The SMILES string of the molecule is COC(=O)N[C@H](C(=O)N[C@@H](Cc1ccc(C#Cc2ccc(N3C[C@H]4C[C@@H]3CN4C3COC3)nc2)cc1)[C@@H](O)CN(Cc1c(F)cc(-c2ccn(C(F)F)n2)cc1F)NC(=O)[C@@H](NC(=O)OC)C(C)(C)C(F)(F)F)C(C)(C)C(F)(F)F. The molecule has 7 rings (SSSR count). The number of aliphatic hydroxyl groups is 1. The molecule has 2 aromatic carbocycles. The minimum atomic E-state index is -5.23. The van der Waals surface area contributed by atoms with Crippen molar-refractivity contribution in [1.82, 2.24) is 46.0 Å². The predicted molar refractivity (Wildman–Crippen MR) is 265 cm³/mol. The summed E-state index contributed by atoms with van der Waals surface area (Å²) >= 11 is 0. The Morgan fingerprint density at radius 1 is 0.787 bits per heavy atom. The van der Waals surface area contributed by atoms with Crippen LogP contribution in [0.15, 0.2) is 67.0 Å². The number of methoxy groups -OCH3 is 2. The molecule has 80 heavy (non-hydrogen) atoms. The summed E-state index contributed by atoms with van der Waals surface area (Å²) < 4.78 is 160. The Kier molecular flexibility index (Phi) is 18.3. The zero-order chi connectivity index (χ0) is 58.6. The van der Waals surface area contributed by atoms with Crippen molar-refractivity contribution >= 4 is 29.8 Å². The van der Waals surface area contributed by atoms with Crippen LogP contribution in [0.5, 0.6) is 0 Å². The van der Waals surface area contributed by atoms with E-state index in [1.807, 2.05) is 22.9 Å². The second-order valence-corrected chi connectivity index (χ2v) is 20.6. The largest absolute Gasteiger partial charge is 0.453 e. The average Bonchev–Trinajstić information content (AvgIpc) is 4.17. The highest BCUT2D eigenvalue weighted by molar-refractivity contribution is 5.87. The number of carbonyl (C=O) groups excluding carboxylic acids is 4. The number of carbonyl (C=O) groups is 4. The van der Waals surface area contributed by atoms with E-state index in [9.17, 15) is 59.4 Å². The molecule has 18 nitrogen and oxygen atoms in total. The Morgan fingerprint density at radius 3 is 1.85 bits per heavy atom. The van der Waals surface area contributed by atoms with Gasteiger partial charge >= 0.3 is 31.1 Å². The third-order valence-corrected chi connectivity index (χ3v) is 14.6. The molecule has 4 amide bonds. The predicted octanol–water partition coefficient (Wildman–Crippen LogP) is 6.23. The smallest absolute Gasteiger partial charge is 0.407 e. The fourth-order valence-electron chi connectivity index (χ4n) is 9.39. The van der Waals surface area contributed by atoms with E-state index in [1.54, 1.807) is 23.6 Å². The number of amides is 4. The van der Waals surface area contributed by atoms with Gasteiger partial charge in [-0.2, -0.15) is 40.2 Å². The molecule has 3 aliphatic heterocycles. The molecule has 2 bridgehead atoms. The molecule has 5 N–H and O–H groups in total. The maximum atomic E-state index is 16.0. The lowest BCUT2D eigenvalue weighted by Gasteiger charge is -2.42. The second-order valence-electron chi connectivity index (χ2n) is 20.6. The molecule has 3 aliphatic rings. The van der Waals surface area contributed by atoms with Crippen LogP contribution in [-0.2, 0) is 36.8 Å². The van der Waals surface area contributed by atoms with Gasteiger partial charge in [0.05, 0.1) is 62.1 Å². The number of halogens is 10. The molecule has 2 aromatic heterocycles. The van der Waals surface area contributed by atoms with E-state index >= 15 is 8.78 Å². The summed E-state index contributed by atoms with van der Waals surface area (Å²) in [6.45, 7) is 0.130. The van der Waals surface area contributed by atoms with Gasteiger partial charge in [-0.15, -0.1) is 0 Å². The molecule has 4 aromatic rings. The number of ether oxygens (including phenoxy) is 3. The Morgan fingerprint density at radius 2 is 1.36 bits per heavy atom. The summed E-state index contributed by atoms with van der Waals surface area (Å²) in [6.07, 6.45) is -12.5. The Hall–Kier alpha value is -7.22. The third-order valence-electron chi connectivity index (χ3n) is 14.6. The molecule has 3 fully saturated rings. The van der Waals surface area contributed by atoms with Gasteiger partial charge in [0.25, 0.3) is 5.91 Å². The van der Waals surface area contributed by atoms with Gasteiger partial charge in [-0.05, 0) is 88.6 Å². The first kappa shape index (κ1) is 60.4. The van der Waals surface area contributed by atoms with Crippen LogP contribution in [0.2, 0.25) is 0 Å². The molecule has 0 saturated carbocycles. The van der Waals surface area contributed by atoms with Crippen LogP contribution in [0.25, 0.3) is 11.3 Å². The van der Waals surface area contributed by atoms with Crippen molar-refractivity contribution in [3.8, 4) is 23.1 Å². The molecular formula is C52H58F10N10O8. The van der Waals surface area contributed by atoms with E-state index in [2.05, 4.69) is 46.5 Å². The summed E-state index contributed by atoms with van der Waals surface area (Å²) in [7, 11) is 1.60. The number of nitrogens with one attached hydrogen (secondary N) is 4. The van der Waals surface area contributed by atoms with Gasteiger partial charge in [-0.1, -0.05) is 24.0 Å². The van der Waals surface area contributed by atoms with Crippen molar-refractivity contribution in [3.05, 3.63) is 101 Å². The van der Waals surface area contributed by atoms with Crippen molar-refractivity contribution in [3.63, 3.8) is 0 Å². The van der Waals surface area contributed by atoms with Crippen molar-refractivity contribution < 1.29 is 82.4 Å². The summed E-state index contributed by atoms with van der Waals surface area (Å²) in [6, 6.07) is 6.53. The first-order valence-electron chi connectivity index (χ1n) is 24.9. The monoisotopic (exact) mass is 1140 g/mol. The highest BCUT2D eigenvalue weighted by atomic mass is 19.4. The number of hydrogen-bond acceptors (Lipinski definition) is 13. The Balaban J connectivity index is 1.18. The fraction of sp³-hybridized carbons (Fsp3) is 0.500. The lowest BCUT2D eigenvalue weighted by atomic mass is 9.82. The Bertz CT molecular complexity index is 2910. The minimum Gasteiger partial charge on any atom is -0.453 e. The van der Waals surface area contributed by atoms with E-state index in [4.69, 9.17) is 4.74 Å².